The third-order valence-electron chi connectivity index (χ3n) is 3.67. The van der Waals surface area contributed by atoms with E-state index in [1.807, 2.05) is 6.20 Å². The van der Waals surface area contributed by atoms with Gasteiger partial charge in [-0.1, -0.05) is 34.6 Å². The number of hydrogen-bond donors (Lipinski definition) is 1. The first kappa shape index (κ1) is 18.0. The van der Waals surface area contributed by atoms with Crippen LogP contribution in [-0.4, -0.2) is 24.6 Å². The fraction of sp³-hybridized carbons (Fsp3) is 0.722. The lowest BCUT2D eigenvalue weighted by Gasteiger charge is -2.26. The molecule has 0 amide bonds. The van der Waals surface area contributed by atoms with Crippen LogP contribution in [0.4, 0.5) is 5.82 Å². The van der Waals surface area contributed by atoms with E-state index in [9.17, 15) is 0 Å². The van der Waals surface area contributed by atoms with E-state index in [-0.39, 0.29) is 0 Å². The summed E-state index contributed by atoms with van der Waals surface area (Å²) in [6.07, 6.45) is 4.38. The summed E-state index contributed by atoms with van der Waals surface area (Å²) in [6, 6.07) is 4.35. The molecule has 1 heterocycles. The van der Waals surface area contributed by atoms with Crippen molar-refractivity contribution in [3.05, 3.63) is 23.9 Å². The topological polar surface area (TPSA) is 28.2 Å². The number of anilines is 1. The third kappa shape index (κ3) is 7.47. The zero-order valence-electron chi connectivity index (χ0n) is 14.5. The lowest BCUT2D eigenvalue weighted by Crippen LogP contribution is -2.28. The first-order valence-electron chi connectivity index (χ1n) is 8.43. The summed E-state index contributed by atoms with van der Waals surface area (Å²) in [5.74, 6) is 2.60. The number of hydrogen-bond acceptors (Lipinski definition) is 3. The molecule has 0 saturated heterocycles. The monoisotopic (exact) mass is 291 g/mol. The first-order valence-corrected chi connectivity index (χ1v) is 8.43. The van der Waals surface area contributed by atoms with Crippen molar-refractivity contribution in [2.24, 2.45) is 11.8 Å². The number of aromatic nitrogens is 1. The molecule has 0 spiro atoms. The van der Waals surface area contributed by atoms with Crippen LogP contribution in [0.3, 0.4) is 0 Å². The van der Waals surface area contributed by atoms with Gasteiger partial charge in [0.1, 0.15) is 5.82 Å². The summed E-state index contributed by atoms with van der Waals surface area (Å²) in [7, 11) is 0. The van der Waals surface area contributed by atoms with E-state index >= 15 is 0 Å². The van der Waals surface area contributed by atoms with E-state index < -0.39 is 0 Å². The minimum Gasteiger partial charge on any atom is -0.357 e. The number of pyridine rings is 1. The van der Waals surface area contributed by atoms with Gasteiger partial charge in [0, 0.05) is 25.8 Å². The second kappa shape index (κ2) is 9.78. The average molecular weight is 291 g/mol. The minimum absolute atomic E-state index is 0.733. The maximum atomic E-state index is 4.60. The molecule has 0 unspecified atom stereocenters. The Kier molecular flexibility index (Phi) is 8.36. The van der Waals surface area contributed by atoms with Crippen molar-refractivity contribution in [1.82, 2.24) is 10.3 Å². The van der Waals surface area contributed by atoms with Gasteiger partial charge in [0.15, 0.2) is 0 Å². The molecular formula is C18H33N3. The van der Waals surface area contributed by atoms with Crippen LogP contribution in [0.5, 0.6) is 0 Å². The molecule has 120 valence electrons. The van der Waals surface area contributed by atoms with E-state index in [0.29, 0.717) is 0 Å². The van der Waals surface area contributed by atoms with Gasteiger partial charge in [-0.3, -0.25) is 0 Å². The van der Waals surface area contributed by atoms with Crippen molar-refractivity contribution in [2.75, 3.05) is 24.5 Å². The van der Waals surface area contributed by atoms with Crippen molar-refractivity contribution in [1.29, 1.82) is 0 Å². The molecule has 0 saturated carbocycles. The van der Waals surface area contributed by atoms with E-state index in [0.717, 1.165) is 43.8 Å². The number of nitrogens with zero attached hydrogens (tertiary/aromatic N) is 2. The van der Waals surface area contributed by atoms with Gasteiger partial charge in [-0.05, 0) is 48.9 Å². The van der Waals surface area contributed by atoms with Crippen LogP contribution < -0.4 is 10.2 Å². The molecule has 0 radical (unpaired) electrons. The SMILES string of the molecule is CCNCc1ccnc(N(CCC(C)C)CCC(C)C)c1. The van der Waals surface area contributed by atoms with Crippen LogP contribution in [-0.2, 0) is 6.54 Å². The zero-order chi connectivity index (χ0) is 15.7. The normalized spacial score (nSPS) is 11.4. The zero-order valence-corrected chi connectivity index (χ0v) is 14.5. The smallest absolute Gasteiger partial charge is 0.128 e. The summed E-state index contributed by atoms with van der Waals surface area (Å²) in [5.41, 5.74) is 1.32. The Labute approximate surface area is 131 Å². The van der Waals surface area contributed by atoms with Gasteiger partial charge in [-0.2, -0.15) is 0 Å². The highest BCUT2D eigenvalue weighted by molar-refractivity contribution is 5.41. The van der Waals surface area contributed by atoms with Gasteiger partial charge in [0.25, 0.3) is 0 Å². The fourth-order valence-corrected chi connectivity index (χ4v) is 2.18. The van der Waals surface area contributed by atoms with Crippen LogP contribution in [0.1, 0.15) is 53.0 Å². The number of rotatable bonds is 10. The van der Waals surface area contributed by atoms with Crippen molar-refractivity contribution < 1.29 is 0 Å². The maximum absolute atomic E-state index is 4.60. The van der Waals surface area contributed by atoms with Gasteiger partial charge in [-0.15, -0.1) is 0 Å². The summed E-state index contributed by atoms with van der Waals surface area (Å²) in [6.45, 7) is 15.4. The van der Waals surface area contributed by atoms with E-state index in [4.69, 9.17) is 0 Å². The third-order valence-corrected chi connectivity index (χ3v) is 3.67. The van der Waals surface area contributed by atoms with Crippen molar-refractivity contribution in [3.63, 3.8) is 0 Å². The Morgan fingerprint density at radius 1 is 1.10 bits per heavy atom. The Hall–Kier alpha value is -1.09. The van der Waals surface area contributed by atoms with Crippen LogP contribution >= 0.6 is 0 Å². The van der Waals surface area contributed by atoms with Crippen molar-refractivity contribution >= 4 is 5.82 Å². The highest BCUT2D eigenvalue weighted by Gasteiger charge is 2.10. The minimum atomic E-state index is 0.733. The predicted octanol–water partition coefficient (Wildman–Crippen LogP) is 4.09. The highest BCUT2D eigenvalue weighted by Crippen LogP contribution is 2.16. The van der Waals surface area contributed by atoms with Crippen LogP contribution in [0.25, 0.3) is 0 Å². The molecular weight excluding hydrogens is 258 g/mol. The fourth-order valence-electron chi connectivity index (χ4n) is 2.18. The van der Waals surface area contributed by atoms with Gasteiger partial charge in [0.05, 0.1) is 0 Å². The Morgan fingerprint density at radius 3 is 2.24 bits per heavy atom. The standard InChI is InChI=1S/C18H33N3/c1-6-19-14-17-7-10-20-18(13-17)21(11-8-15(2)3)12-9-16(4)5/h7,10,13,15-16,19H,6,8-9,11-12,14H2,1-5H3. The van der Waals surface area contributed by atoms with E-state index in [2.05, 4.69) is 62.0 Å². The van der Waals surface area contributed by atoms with Gasteiger partial charge in [-0.25, -0.2) is 4.98 Å². The highest BCUT2D eigenvalue weighted by atomic mass is 15.2. The van der Waals surface area contributed by atoms with E-state index in [1.54, 1.807) is 0 Å². The molecule has 1 aromatic rings. The molecule has 1 rings (SSSR count). The van der Waals surface area contributed by atoms with Crippen molar-refractivity contribution in [3.8, 4) is 0 Å². The van der Waals surface area contributed by atoms with Crippen LogP contribution in [0.15, 0.2) is 18.3 Å². The summed E-state index contributed by atoms with van der Waals surface area (Å²) in [4.78, 5) is 7.06. The number of nitrogens with one attached hydrogen (secondary N) is 1. The van der Waals surface area contributed by atoms with Gasteiger partial charge in [0.2, 0.25) is 0 Å². The Bertz CT molecular complexity index is 376. The molecule has 0 aliphatic rings. The largest absolute Gasteiger partial charge is 0.357 e. The van der Waals surface area contributed by atoms with Crippen LogP contribution in [0, 0.1) is 11.8 Å². The molecule has 0 aromatic carbocycles. The summed E-state index contributed by atoms with van der Waals surface area (Å²) < 4.78 is 0. The molecule has 3 heteroatoms. The Balaban J connectivity index is 2.74. The molecule has 1 N–H and O–H groups in total. The summed E-state index contributed by atoms with van der Waals surface area (Å²) >= 11 is 0. The second-order valence-corrected chi connectivity index (χ2v) is 6.65. The maximum Gasteiger partial charge on any atom is 0.128 e. The molecule has 0 atom stereocenters. The second-order valence-electron chi connectivity index (χ2n) is 6.65. The summed E-state index contributed by atoms with van der Waals surface area (Å²) in [5, 5.41) is 3.38. The average Bonchev–Trinajstić information content (AvgIpc) is 2.45. The predicted molar refractivity (Wildman–Crippen MR) is 92.7 cm³/mol. The molecule has 0 fully saturated rings. The quantitative estimate of drug-likeness (QED) is 0.704. The van der Waals surface area contributed by atoms with Crippen LogP contribution in [0.2, 0.25) is 0 Å². The lowest BCUT2D eigenvalue weighted by molar-refractivity contribution is 0.533. The molecule has 3 nitrogen and oxygen atoms in total. The molecule has 0 bridgehead atoms. The molecule has 0 aliphatic heterocycles. The van der Waals surface area contributed by atoms with Gasteiger partial charge < -0.3 is 10.2 Å². The lowest BCUT2D eigenvalue weighted by atomic mass is 10.1. The molecule has 1 aromatic heterocycles. The molecule has 0 aliphatic carbocycles. The van der Waals surface area contributed by atoms with E-state index in [1.165, 1.54) is 18.4 Å². The van der Waals surface area contributed by atoms with Crippen molar-refractivity contribution in [2.45, 2.75) is 54.0 Å². The first-order chi connectivity index (χ1) is 10.0. The Morgan fingerprint density at radius 2 is 1.71 bits per heavy atom. The van der Waals surface area contributed by atoms with Gasteiger partial charge >= 0.3 is 0 Å². The molecule has 21 heavy (non-hydrogen) atoms.